The molecule has 2 rings (SSSR count). The molecule has 2 atom stereocenters. The highest BCUT2D eigenvalue weighted by Gasteiger charge is 2.19. The topological polar surface area (TPSA) is 39.7 Å². The Morgan fingerprint density at radius 2 is 2.22 bits per heavy atom. The van der Waals surface area contributed by atoms with Crippen molar-refractivity contribution in [2.24, 2.45) is 4.99 Å². The Labute approximate surface area is 149 Å². The lowest BCUT2D eigenvalue weighted by atomic mass is 10.1. The lowest BCUT2D eigenvalue weighted by Crippen LogP contribution is -2.44. The zero-order valence-corrected chi connectivity index (χ0v) is 16.2. The van der Waals surface area contributed by atoms with Crippen LogP contribution in [-0.2, 0) is 0 Å². The van der Waals surface area contributed by atoms with E-state index in [1.54, 1.807) is 11.3 Å². The van der Waals surface area contributed by atoms with E-state index in [9.17, 15) is 0 Å². The molecule has 0 aromatic carbocycles. The number of aliphatic imine (C=N–C) groups is 1. The minimum atomic E-state index is 0.399. The summed E-state index contributed by atoms with van der Waals surface area (Å²) in [7, 11) is 1.86. The fourth-order valence-electron chi connectivity index (χ4n) is 3.02. The number of thiophene rings is 1. The molecule has 130 valence electrons. The SMILES string of the molecule is CCN(CC)C(CNC(=NC)NCC1CCCS1)c1ccsc1. The Kier molecular flexibility index (Phi) is 8.26. The van der Waals surface area contributed by atoms with Gasteiger partial charge in [-0.1, -0.05) is 13.8 Å². The van der Waals surface area contributed by atoms with Gasteiger partial charge in [0, 0.05) is 25.4 Å². The molecule has 0 radical (unpaired) electrons. The number of likely N-dealkylation sites (N-methyl/N-ethyl adjacent to an activating group) is 1. The van der Waals surface area contributed by atoms with Gasteiger partial charge in [-0.2, -0.15) is 23.1 Å². The number of hydrogen-bond donors (Lipinski definition) is 2. The van der Waals surface area contributed by atoms with E-state index >= 15 is 0 Å². The molecule has 23 heavy (non-hydrogen) atoms. The van der Waals surface area contributed by atoms with Gasteiger partial charge in [-0.3, -0.25) is 9.89 Å². The molecule has 2 unspecified atom stereocenters. The molecular formula is C17H30N4S2. The summed E-state index contributed by atoms with van der Waals surface area (Å²) in [6.45, 7) is 8.47. The number of rotatable bonds is 8. The number of nitrogens with zero attached hydrogens (tertiary/aromatic N) is 2. The van der Waals surface area contributed by atoms with Crippen molar-refractivity contribution in [3.63, 3.8) is 0 Å². The van der Waals surface area contributed by atoms with Crippen molar-refractivity contribution in [3.8, 4) is 0 Å². The van der Waals surface area contributed by atoms with Crippen molar-refractivity contribution in [2.75, 3.05) is 39.0 Å². The van der Waals surface area contributed by atoms with Crippen LogP contribution in [0.25, 0.3) is 0 Å². The summed E-state index contributed by atoms with van der Waals surface area (Å²) >= 11 is 3.85. The van der Waals surface area contributed by atoms with Crippen LogP contribution in [0.2, 0.25) is 0 Å². The van der Waals surface area contributed by atoms with E-state index in [0.29, 0.717) is 6.04 Å². The molecule has 0 spiro atoms. The van der Waals surface area contributed by atoms with Crippen LogP contribution in [0, 0.1) is 0 Å². The van der Waals surface area contributed by atoms with Gasteiger partial charge in [0.05, 0.1) is 6.04 Å². The van der Waals surface area contributed by atoms with Gasteiger partial charge < -0.3 is 10.6 Å². The van der Waals surface area contributed by atoms with Gasteiger partial charge in [-0.25, -0.2) is 0 Å². The lowest BCUT2D eigenvalue weighted by molar-refractivity contribution is 0.219. The molecule has 1 saturated heterocycles. The van der Waals surface area contributed by atoms with Crippen molar-refractivity contribution in [3.05, 3.63) is 22.4 Å². The molecule has 1 aliphatic heterocycles. The molecule has 1 aromatic heterocycles. The molecule has 0 bridgehead atoms. The summed E-state index contributed by atoms with van der Waals surface area (Å²) in [5, 5.41) is 12.2. The van der Waals surface area contributed by atoms with Crippen LogP contribution in [0.15, 0.2) is 21.8 Å². The summed E-state index contributed by atoms with van der Waals surface area (Å²) < 4.78 is 0. The Hall–Kier alpha value is -0.720. The quantitative estimate of drug-likeness (QED) is 0.555. The average Bonchev–Trinajstić information content (AvgIpc) is 3.27. The standard InChI is InChI=1S/C17H30N4S2/c1-4-21(5-2)16(14-8-10-22-13-14)12-20-17(18-3)19-11-15-7-6-9-23-15/h8,10,13,15-16H,4-7,9,11-12H2,1-3H3,(H2,18,19,20). The van der Waals surface area contributed by atoms with Crippen LogP contribution >= 0.6 is 23.1 Å². The van der Waals surface area contributed by atoms with E-state index in [1.165, 1.54) is 24.2 Å². The van der Waals surface area contributed by atoms with Crippen LogP contribution in [0.3, 0.4) is 0 Å². The summed E-state index contributed by atoms with van der Waals surface area (Å²) in [6, 6.07) is 2.64. The minimum absolute atomic E-state index is 0.399. The molecule has 1 aliphatic rings. The molecule has 4 nitrogen and oxygen atoms in total. The maximum absolute atomic E-state index is 4.38. The first kappa shape index (κ1) is 18.6. The van der Waals surface area contributed by atoms with Crippen molar-refractivity contribution in [1.29, 1.82) is 0 Å². The zero-order chi connectivity index (χ0) is 16.5. The van der Waals surface area contributed by atoms with Gasteiger partial charge in [0.15, 0.2) is 5.96 Å². The predicted octanol–water partition coefficient (Wildman–Crippen LogP) is 3.19. The highest BCUT2D eigenvalue weighted by Crippen LogP contribution is 2.25. The Morgan fingerprint density at radius 3 is 2.78 bits per heavy atom. The smallest absolute Gasteiger partial charge is 0.191 e. The van der Waals surface area contributed by atoms with Crippen LogP contribution in [-0.4, -0.2) is 55.1 Å². The molecular weight excluding hydrogens is 324 g/mol. The number of hydrogen-bond acceptors (Lipinski definition) is 4. The zero-order valence-electron chi connectivity index (χ0n) is 14.5. The van der Waals surface area contributed by atoms with E-state index in [-0.39, 0.29) is 0 Å². The lowest BCUT2D eigenvalue weighted by Gasteiger charge is -2.30. The first-order valence-corrected chi connectivity index (χ1v) is 10.6. The second-order valence-corrected chi connectivity index (χ2v) is 7.95. The maximum Gasteiger partial charge on any atom is 0.191 e. The van der Waals surface area contributed by atoms with Gasteiger partial charge >= 0.3 is 0 Å². The Balaban J connectivity index is 1.88. The molecule has 0 saturated carbocycles. The molecule has 2 N–H and O–H groups in total. The fraction of sp³-hybridized carbons (Fsp3) is 0.706. The van der Waals surface area contributed by atoms with Crippen LogP contribution < -0.4 is 10.6 Å². The van der Waals surface area contributed by atoms with E-state index in [4.69, 9.17) is 0 Å². The third-order valence-electron chi connectivity index (χ3n) is 4.39. The van der Waals surface area contributed by atoms with Gasteiger partial charge in [-0.05, 0) is 54.1 Å². The first-order valence-electron chi connectivity index (χ1n) is 8.60. The van der Waals surface area contributed by atoms with Crippen molar-refractivity contribution in [2.45, 2.75) is 38.0 Å². The highest BCUT2D eigenvalue weighted by atomic mass is 32.2. The van der Waals surface area contributed by atoms with E-state index in [2.05, 4.69) is 63.0 Å². The molecule has 0 amide bonds. The van der Waals surface area contributed by atoms with E-state index < -0.39 is 0 Å². The summed E-state index contributed by atoms with van der Waals surface area (Å²) in [5.74, 6) is 2.23. The van der Waals surface area contributed by atoms with Gasteiger partial charge in [-0.15, -0.1) is 0 Å². The predicted molar refractivity (Wildman–Crippen MR) is 105 cm³/mol. The molecule has 2 heterocycles. The van der Waals surface area contributed by atoms with Crippen molar-refractivity contribution >= 4 is 29.1 Å². The average molecular weight is 355 g/mol. The minimum Gasteiger partial charge on any atom is -0.355 e. The maximum atomic E-state index is 4.38. The second-order valence-electron chi connectivity index (χ2n) is 5.76. The highest BCUT2D eigenvalue weighted by molar-refractivity contribution is 8.00. The van der Waals surface area contributed by atoms with Crippen molar-refractivity contribution in [1.82, 2.24) is 15.5 Å². The number of nitrogens with one attached hydrogen (secondary N) is 2. The third kappa shape index (κ3) is 5.69. The fourth-order valence-corrected chi connectivity index (χ4v) is 4.92. The first-order chi connectivity index (χ1) is 11.3. The number of guanidine groups is 1. The molecule has 0 aliphatic carbocycles. The van der Waals surface area contributed by atoms with E-state index in [1.807, 2.05) is 7.05 Å². The summed E-state index contributed by atoms with van der Waals surface area (Å²) in [4.78, 5) is 6.88. The summed E-state index contributed by atoms with van der Waals surface area (Å²) in [5.41, 5.74) is 1.40. The monoisotopic (exact) mass is 354 g/mol. The van der Waals surface area contributed by atoms with Crippen LogP contribution in [0.4, 0.5) is 0 Å². The van der Waals surface area contributed by atoms with Crippen LogP contribution in [0.5, 0.6) is 0 Å². The molecule has 1 fully saturated rings. The second kappa shape index (κ2) is 10.2. The third-order valence-corrected chi connectivity index (χ3v) is 6.49. The van der Waals surface area contributed by atoms with E-state index in [0.717, 1.165) is 37.4 Å². The Bertz CT molecular complexity index is 451. The van der Waals surface area contributed by atoms with Gasteiger partial charge in [0.2, 0.25) is 0 Å². The Morgan fingerprint density at radius 1 is 1.39 bits per heavy atom. The largest absolute Gasteiger partial charge is 0.355 e. The molecule has 1 aromatic rings. The molecule has 6 heteroatoms. The normalized spacial score (nSPS) is 20.0. The van der Waals surface area contributed by atoms with Gasteiger partial charge in [0.1, 0.15) is 0 Å². The summed E-state index contributed by atoms with van der Waals surface area (Å²) in [6.07, 6.45) is 2.68. The van der Waals surface area contributed by atoms with Gasteiger partial charge in [0.25, 0.3) is 0 Å². The van der Waals surface area contributed by atoms with Crippen LogP contribution in [0.1, 0.15) is 38.3 Å². The number of thioether (sulfide) groups is 1. The van der Waals surface area contributed by atoms with Crippen molar-refractivity contribution < 1.29 is 0 Å².